The van der Waals surface area contributed by atoms with Crippen LogP contribution in [0.2, 0.25) is 0 Å². The number of hydrogen-bond donors (Lipinski definition) is 1. The van der Waals surface area contributed by atoms with Crippen molar-refractivity contribution in [3.63, 3.8) is 0 Å². The molecule has 0 aliphatic heterocycles. The molecule has 106 valence electrons. The zero-order valence-corrected chi connectivity index (χ0v) is 12.2. The van der Waals surface area contributed by atoms with E-state index in [1.807, 2.05) is 12.1 Å². The number of nitrogens with two attached hydrogens (primary N) is 1. The maximum atomic E-state index is 12.4. The average molecular weight is 299 g/mol. The topological polar surface area (TPSA) is 78.7 Å². The molecule has 0 fully saturated rings. The maximum Gasteiger partial charge on any atom is 0.264 e. The Kier molecular flexibility index (Phi) is 3.56. The summed E-state index contributed by atoms with van der Waals surface area (Å²) in [6.07, 6.45) is 3.10. The van der Waals surface area contributed by atoms with E-state index in [1.165, 1.54) is 0 Å². The Balaban J connectivity index is 1.93. The van der Waals surface area contributed by atoms with Crippen molar-refractivity contribution in [3.8, 4) is 11.8 Å². The van der Waals surface area contributed by atoms with E-state index in [1.54, 1.807) is 40.2 Å². The van der Waals surface area contributed by atoms with Gasteiger partial charge in [0, 0.05) is 11.9 Å². The van der Waals surface area contributed by atoms with Crippen molar-refractivity contribution in [2.24, 2.45) is 12.8 Å². The molecule has 0 aliphatic rings. The molecule has 0 aromatic carbocycles. The molecule has 0 saturated carbocycles. The van der Waals surface area contributed by atoms with E-state index in [0.29, 0.717) is 24.1 Å². The standard InChI is InChI=1S/C14H13N5OS/c1-18-13-12(7-17-18)14(20)19(9-16-13)8-11-5-4-10(21-11)3-2-6-15/h4-5,7,9H,6,8,15H2,1H3. The summed E-state index contributed by atoms with van der Waals surface area (Å²) in [5, 5.41) is 4.58. The summed E-state index contributed by atoms with van der Waals surface area (Å²) in [6, 6.07) is 3.90. The lowest BCUT2D eigenvalue weighted by atomic mass is 10.4. The molecule has 3 aromatic rings. The highest BCUT2D eigenvalue weighted by Gasteiger charge is 2.09. The molecule has 0 atom stereocenters. The van der Waals surface area contributed by atoms with Gasteiger partial charge in [-0.1, -0.05) is 11.8 Å². The minimum Gasteiger partial charge on any atom is -0.320 e. The van der Waals surface area contributed by atoms with Crippen molar-refractivity contribution in [2.75, 3.05) is 6.54 Å². The molecule has 21 heavy (non-hydrogen) atoms. The minimum atomic E-state index is -0.0870. The molecule has 2 N–H and O–H groups in total. The molecule has 6 nitrogen and oxygen atoms in total. The van der Waals surface area contributed by atoms with Gasteiger partial charge in [-0.15, -0.1) is 11.3 Å². The van der Waals surface area contributed by atoms with E-state index in [2.05, 4.69) is 21.9 Å². The summed E-state index contributed by atoms with van der Waals surface area (Å²) < 4.78 is 3.17. The number of fused-ring (bicyclic) bond motifs is 1. The zero-order valence-electron chi connectivity index (χ0n) is 11.4. The number of nitrogens with zero attached hydrogens (tertiary/aromatic N) is 4. The Hall–Kier alpha value is -2.43. The molecule has 0 spiro atoms. The third-order valence-corrected chi connectivity index (χ3v) is 4.01. The van der Waals surface area contributed by atoms with Crippen molar-refractivity contribution in [3.05, 3.63) is 44.8 Å². The fraction of sp³-hybridized carbons (Fsp3) is 0.214. The summed E-state index contributed by atoms with van der Waals surface area (Å²) in [6.45, 7) is 0.819. The molecule has 0 aliphatic carbocycles. The van der Waals surface area contributed by atoms with Gasteiger partial charge < -0.3 is 5.73 Å². The monoisotopic (exact) mass is 299 g/mol. The predicted octanol–water partition coefficient (Wildman–Crippen LogP) is 0.550. The number of rotatable bonds is 2. The van der Waals surface area contributed by atoms with Crippen LogP contribution in [0.5, 0.6) is 0 Å². The van der Waals surface area contributed by atoms with Gasteiger partial charge in [0.2, 0.25) is 0 Å². The quantitative estimate of drug-likeness (QED) is 0.701. The first-order chi connectivity index (χ1) is 10.2. The minimum absolute atomic E-state index is 0.0870. The van der Waals surface area contributed by atoms with Gasteiger partial charge in [-0.3, -0.25) is 14.0 Å². The van der Waals surface area contributed by atoms with Crippen LogP contribution in [0, 0.1) is 11.8 Å². The highest BCUT2D eigenvalue weighted by molar-refractivity contribution is 7.12. The van der Waals surface area contributed by atoms with Crippen molar-refractivity contribution in [2.45, 2.75) is 6.54 Å². The maximum absolute atomic E-state index is 12.4. The second-order valence-electron chi connectivity index (χ2n) is 4.45. The van der Waals surface area contributed by atoms with E-state index >= 15 is 0 Å². The van der Waals surface area contributed by atoms with E-state index in [4.69, 9.17) is 5.73 Å². The summed E-state index contributed by atoms with van der Waals surface area (Å²) in [4.78, 5) is 18.6. The first-order valence-electron chi connectivity index (χ1n) is 6.34. The Morgan fingerprint density at radius 1 is 1.43 bits per heavy atom. The molecular formula is C14H13N5OS. The average Bonchev–Trinajstić information content (AvgIpc) is 3.07. The normalized spacial score (nSPS) is 10.6. The molecule has 0 unspecified atom stereocenters. The fourth-order valence-corrected chi connectivity index (χ4v) is 2.90. The second-order valence-corrected chi connectivity index (χ2v) is 5.62. The largest absolute Gasteiger partial charge is 0.320 e. The van der Waals surface area contributed by atoms with Gasteiger partial charge in [0.25, 0.3) is 5.56 Å². The Morgan fingerprint density at radius 2 is 2.29 bits per heavy atom. The zero-order chi connectivity index (χ0) is 14.8. The highest BCUT2D eigenvalue weighted by atomic mass is 32.1. The van der Waals surface area contributed by atoms with E-state index in [-0.39, 0.29) is 5.56 Å². The van der Waals surface area contributed by atoms with Crippen LogP contribution in [0.15, 0.2) is 29.5 Å². The molecule has 0 radical (unpaired) electrons. The Labute approximate surface area is 124 Å². The number of hydrogen-bond acceptors (Lipinski definition) is 5. The number of thiophene rings is 1. The van der Waals surface area contributed by atoms with Gasteiger partial charge in [0.05, 0.1) is 24.2 Å². The summed E-state index contributed by atoms with van der Waals surface area (Å²) >= 11 is 1.55. The lowest BCUT2D eigenvalue weighted by Gasteiger charge is -2.03. The Morgan fingerprint density at radius 3 is 3.10 bits per heavy atom. The van der Waals surface area contributed by atoms with Crippen LogP contribution in [0.4, 0.5) is 0 Å². The number of aryl methyl sites for hydroxylation is 1. The number of aromatic nitrogens is 4. The molecule has 0 saturated heterocycles. The van der Waals surface area contributed by atoms with Crippen molar-refractivity contribution in [1.82, 2.24) is 19.3 Å². The van der Waals surface area contributed by atoms with Gasteiger partial charge in [-0.05, 0) is 12.1 Å². The fourth-order valence-electron chi connectivity index (χ4n) is 2.02. The van der Waals surface area contributed by atoms with Crippen molar-refractivity contribution < 1.29 is 0 Å². The van der Waals surface area contributed by atoms with Crippen molar-refractivity contribution >= 4 is 22.4 Å². The van der Waals surface area contributed by atoms with Crippen LogP contribution in [0.3, 0.4) is 0 Å². The van der Waals surface area contributed by atoms with Crippen molar-refractivity contribution in [1.29, 1.82) is 0 Å². The van der Waals surface area contributed by atoms with E-state index in [9.17, 15) is 4.79 Å². The van der Waals surface area contributed by atoms with Crippen LogP contribution in [0.1, 0.15) is 9.75 Å². The van der Waals surface area contributed by atoms with Gasteiger partial charge in [-0.25, -0.2) is 4.98 Å². The molecular weight excluding hydrogens is 286 g/mol. The molecule has 0 amide bonds. The summed E-state index contributed by atoms with van der Waals surface area (Å²) in [7, 11) is 1.76. The molecule has 3 heterocycles. The Bertz CT molecular complexity index is 909. The molecule has 7 heteroatoms. The van der Waals surface area contributed by atoms with Gasteiger partial charge >= 0.3 is 0 Å². The molecule has 0 bridgehead atoms. The van der Waals surface area contributed by atoms with Crippen LogP contribution >= 0.6 is 11.3 Å². The van der Waals surface area contributed by atoms with Gasteiger partial charge in [0.15, 0.2) is 5.65 Å². The van der Waals surface area contributed by atoms with Crippen LogP contribution < -0.4 is 11.3 Å². The van der Waals surface area contributed by atoms with Crippen LogP contribution in [-0.2, 0) is 13.6 Å². The van der Waals surface area contributed by atoms with Crippen LogP contribution in [0.25, 0.3) is 11.0 Å². The predicted molar refractivity (Wildman–Crippen MR) is 82.1 cm³/mol. The molecule has 3 rings (SSSR count). The van der Waals surface area contributed by atoms with Crippen LogP contribution in [-0.4, -0.2) is 25.9 Å². The van der Waals surface area contributed by atoms with E-state index in [0.717, 1.165) is 9.75 Å². The first-order valence-corrected chi connectivity index (χ1v) is 7.15. The van der Waals surface area contributed by atoms with E-state index < -0.39 is 0 Å². The highest BCUT2D eigenvalue weighted by Crippen LogP contribution is 2.16. The lowest BCUT2D eigenvalue weighted by molar-refractivity contribution is 0.745. The first kappa shape index (κ1) is 13.5. The smallest absolute Gasteiger partial charge is 0.264 e. The van der Waals surface area contributed by atoms with Gasteiger partial charge in [0.1, 0.15) is 11.7 Å². The summed E-state index contributed by atoms with van der Waals surface area (Å²) in [5.41, 5.74) is 5.86. The van der Waals surface area contributed by atoms with Gasteiger partial charge in [-0.2, -0.15) is 5.10 Å². The molecule has 3 aromatic heterocycles. The third-order valence-electron chi connectivity index (χ3n) is 3.02. The third kappa shape index (κ3) is 2.59. The second kappa shape index (κ2) is 5.52. The lowest BCUT2D eigenvalue weighted by Crippen LogP contribution is -2.20. The summed E-state index contributed by atoms with van der Waals surface area (Å²) in [5.74, 6) is 5.80. The SMILES string of the molecule is Cn1ncc2c(=O)n(Cc3ccc(C#CCN)s3)cnc21.